The topological polar surface area (TPSA) is 92.8 Å². The fraction of sp³-hybridized carbons (Fsp3) is 0.667. The average Bonchev–Trinajstić information content (AvgIpc) is 2.55. The van der Waals surface area contributed by atoms with Crippen molar-refractivity contribution < 1.29 is 14.7 Å². The molecule has 0 radical (unpaired) electrons. The average molecular weight is 232 g/mol. The third kappa shape index (κ3) is 8.14. The predicted molar refractivity (Wildman–Crippen MR) is 61.0 cm³/mol. The predicted octanol–water partition coefficient (Wildman–Crippen LogP) is 0.733. The smallest absolute Gasteiger partial charge is 0.320 e. The van der Waals surface area contributed by atoms with E-state index < -0.39 is 12.0 Å². The van der Waals surface area contributed by atoms with Gasteiger partial charge in [-0.3, -0.25) is 9.59 Å². The summed E-state index contributed by atoms with van der Waals surface area (Å²) in [5.41, 5.74) is 6.79. The second-order valence-corrected chi connectivity index (χ2v) is 4.35. The first-order chi connectivity index (χ1) is 6.93. The summed E-state index contributed by atoms with van der Waals surface area (Å²) in [5, 5.41) is 8.31. The zero-order valence-electron chi connectivity index (χ0n) is 8.84. The quantitative estimate of drug-likeness (QED) is 0.748. The van der Waals surface area contributed by atoms with Gasteiger partial charge in [0.15, 0.2) is 0 Å². The van der Waals surface area contributed by atoms with Crippen molar-refractivity contribution in [2.24, 2.45) is 16.6 Å². The molecular weight excluding hydrogens is 216 g/mol. The van der Waals surface area contributed by atoms with E-state index in [0.29, 0.717) is 18.1 Å². The molecule has 1 heterocycles. The largest absolute Gasteiger partial charge is 0.480 e. The Labute approximate surface area is 93.1 Å². The van der Waals surface area contributed by atoms with Crippen molar-refractivity contribution in [1.29, 1.82) is 0 Å². The number of aliphatic carboxylic acids is 1. The van der Waals surface area contributed by atoms with Crippen LogP contribution in [0.4, 0.5) is 0 Å². The molecule has 0 saturated heterocycles. The Balaban J connectivity index is 0.000000280. The van der Waals surface area contributed by atoms with Gasteiger partial charge in [-0.1, -0.05) is 13.8 Å². The lowest BCUT2D eigenvalue weighted by Crippen LogP contribution is -2.31. The van der Waals surface area contributed by atoms with Crippen molar-refractivity contribution in [3.05, 3.63) is 0 Å². The summed E-state index contributed by atoms with van der Waals surface area (Å²) in [6.45, 7) is 3.89. The molecule has 0 fully saturated rings. The number of nitrogens with two attached hydrogens (primary N) is 1. The van der Waals surface area contributed by atoms with Crippen LogP contribution in [0.15, 0.2) is 4.99 Å². The standard InChI is InChI=1S/C6H13NO2.C3H3NOS/c1-4(2)3-5(7)6(8)9;5-3-1-6-2-4-3/h4-5H,3,7H2,1-2H3,(H,8,9);2H,1H2. The van der Waals surface area contributed by atoms with Gasteiger partial charge in [-0.15, -0.1) is 11.8 Å². The summed E-state index contributed by atoms with van der Waals surface area (Å²) in [6, 6.07) is -0.690. The minimum Gasteiger partial charge on any atom is -0.480 e. The molecule has 3 N–H and O–H groups in total. The molecule has 0 aliphatic carbocycles. The second-order valence-electron chi connectivity index (χ2n) is 3.51. The number of carbonyl (C=O) groups excluding carboxylic acids is 1. The van der Waals surface area contributed by atoms with E-state index in [2.05, 4.69) is 4.99 Å². The van der Waals surface area contributed by atoms with Gasteiger partial charge >= 0.3 is 5.97 Å². The highest BCUT2D eigenvalue weighted by Gasteiger charge is 2.11. The number of carboxylic acids is 1. The molecule has 6 heteroatoms. The van der Waals surface area contributed by atoms with Crippen LogP contribution >= 0.6 is 11.8 Å². The number of nitrogens with zero attached hydrogens (tertiary/aromatic N) is 1. The van der Waals surface area contributed by atoms with Crippen molar-refractivity contribution >= 4 is 29.2 Å². The van der Waals surface area contributed by atoms with Gasteiger partial charge < -0.3 is 10.8 Å². The van der Waals surface area contributed by atoms with Gasteiger partial charge in [-0.2, -0.15) is 0 Å². The van der Waals surface area contributed by atoms with Crippen LogP contribution in [0.25, 0.3) is 0 Å². The molecule has 1 unspecified atom stereocenters. The number of carboxylic acid groups (broad SMARTS) is 1. The Morgan fingerprint density at radius 3 is 2.47 bits per heavy atom. The molecule has 15 heavy (non-hydrogen) atoms. The van der Waals surface area contributed by atoms with Crippen LogP contribution in [0.1, 0.15) is 20.3 Å². The highest BCUT2D eigenvalue weighted by Crippen LogP contribution is 2.02. The Kier molecular flexibility index (Phi) is 6.98. The van der Waals surface area contributed by atoms with Crippen LogP contribution in [0.5, 0.6) is 0 Å². The van der Waals surface area contributed by atoms with E-state index in [1.807, 2.05) is 13.8 Å². The Morgan fingerprint density at radius 2 is 2.33 bits per heavy atom. The number of aliphatic imine (C=N–C) groups is 1. The molecule has 1 amide bonds. The van der Waals surface area contributed by atoms with Gasteiger partial charge in [-0.25, -0.2) is 4.99 Å². The van der Waals surface area contributed by atoms with Gasteiger partial charge in [0.25, 0.3) is 5.91 Å². The Morgan fingerprint density at radius 1 is 1.73 bits per heavy atom. The lowest BCUT2D eigenvalue weighted by molar-refractivity contribution is -0.138. The normalized spacial score (nSPS) is 16.1. The highest BCUT2D eigenvalue weighted by atomic mass is 32.2. The summed E-state index contributed by atoms with van der Waals surface area (Å²) in [7, 11) is 0. The van der Waals surface area contributed by atoms with Crippen molar-refractivity contribution in [3.63, 3.8) is 0 Å². The van der Waals surface area contributed by atoms with E-state index >= 15 is 0 Å². The monoisotopic (exact) mass is 232 g/mol. The molecule has 0 aromatic rings. The van der Waals surface area contributed by atoms with Gasteiger partial charge in [0.2, 0.25) is 0 Å². The summed E-state index contributed by atoms with van der Waals surface area (Å²) in [4.78, 5) is 23.6. The zero-order chi connectivity index (χ0) is 11.8. The Hall–Kier alpha value is -0.880. The summed E-state index contributed by atoms with van der Waals surface area (Å²) < 4.78 is 0. The minimum absolute atomic E-state index is 0.0139. The number of thioether (sulfide) groups is 1. The van der Waals surface area contributed by atoms with Crippen LogP contribution in [0.3, 0.4) is 0 Å². The van der Waals surface area contributed by atoms with E-state index in [-0.39, 0.29) is 5.91 Å². The van der Waals surface area contributed by atoms with E-state index in [0.717, 1.165) is 0 Å². The Bertz CT molecular complexity index is 254. The minimum atomic E-state index is -0.913. The van der Waals surface area contributed by atoms with Crippen molar-refractivity contribution in [2.75, 3.05) is 5.75 Å². The SMILES string of the molecule is CC(C)CC(N)C(=O)O.O=C1CSC=N1. The first-order valence-corrected chi connectivity index (χ1v) is 5.63. The van der Waals surface area contributed by atoms with E-state index in [1.165, 1.54) is 11.8 Å². The number of rotatable bonds is 3. The van der Waals surface area contributed by atoms with E-state index in [1.54, 1.807) is 5.55 Å². The molecule has 0 aromatic carbocycles. The maximum atomic E-state index is 10.1. The molecule has 1 aliphatic rings. The van der Waals surface area contributed by atoms with Crippen molar-refractivity contribution in [1.82, 2.24) is 0 Å². The second kappa shape index (κ2) is 7.42. The first-order valence-electron chi connectivity index (χ1n) is 4.58. The summed E-state index contributed by atoms with van der Waals surface area (Å²) in [5.74, 6) is -0.0280. The maximum absolute atomic E-state index is 10.1. The van der Waals surface area contributed by atoms with Crippen LogP contribution in [0, 0.1) is 5.92 Å². The fourth-order valence-corrected chi connectivity index (χ4v) is 1.33. The number of amides is 1. The lowest BCUT2D eigenvalue weighted by Gasteiger charge is -2.07. The zero-order valence-corrected chi connectivity index (χ0v) is 9.66. The number of hydrogen-bond donors (Lipinski definition) is 2. The third-order valence-corrected chi connectivity index (χ3v) is 2.19. The molecule has 0 bridgehead atoms. The van der Waals surface area contributed by atoms with Crippen molar-refractivity contribution in [3.8, 4) is 0 Å². The molecule has 0 aromatic heterocycles. The summed E-state index contributed by atoms with van der Waals surface area (Å²) >= 11 is 1.44. The molecule has 1 rings (SSSR count). The van der Waals surface area contributed by atoms with Crippen LogP contribution in [0.2, 0.25) is 0 Å². The van der Waals surface area contributed by atoms with E-state index in [9.17, 15) is 9.59 Å². The van der Waals surface area contributed by atoms with Crippen LogP contribution in [-0.2, 0) is 9.59 Å². The van der Waals surface area contributed by atoms with Crippen LogP contribution in [-0.4, -0.2) is 34.3 Å². The van der Waals surface area contributed by atoms with E-state index in [4.69, 9.17) is 10.8 Å². The molecule has 5 nitrogen and oxygen atoms in total. The lowest BCUT2D eigenvalue weighted by atomic mass is 10.1. The number of carbonyl (C=O) groups is 2. The number of hydrogen-bond acceptors (Lipinski definition) is 4. The van der Waals surface area contributed by atoms with Gasteiger partial charge in [0.1, 0.15) is 6.04 Å². The molecular formula is C9H16N2O3S. The molecule has 0 spiro atoms. The molecule has 0 saturated carbocycles. The van der Waals surface area contributed by atoms with Crippen LogP contribution < -0.4 is 5.73 Å². The highest BCUT2D eigenvalue weighted by molar-refractivity contribution is 8.13. The van der Waals surface area contributed by atoms with Gasteiger partial charge in [-0.05, 0) is 12.3 Å². The third-order valence-electron chi connectivity index (χ3n) is 1.52. The summed E-state index contributed by atoms with van der Waals surface area (Å²) in [6.07, 6.45) is 0.551. The first kappa shape index (κ1) is 14.1. The maximum Gasteiger partial charge on any atom is 0.320 e. The van der Waals surface area contributed by atoms with Gasteiger partial charge in [0.05, 0.1) is 11.3 Å². The molecule has 86 valence electrons. The molecule has 1 aliphatic heterocycles. The van der Waals surface area contributed by atoms with Crippen molar-refractivity contribution in [2.45, 2.75) is 26.3 Å². The fourth-order valence-electron chi connectivity index (χ4n) is 0.851. The van der Waals surface area contributed by atoms with Gasteiger partial charge in [0, 0.05) is 0 Å². The molecule has 1 atom stereocenters.